The Balaban J connectivity index is 1.63. The first kappa shape index (κ1) is 11.0. The highest BCUT2D eigenvalue weighted by atomic mass is 16.1. The third-order valence-corrected chi connectivity index (χ3v) is 4.35. The molecule has 1 aliphatic carbocycles. The summed E-state index contributed by atoms with van der Waals surface area (Å²) in [4.78, 5) is 13.4. The number of carbonyl (C=O) groups excluding carboxylic acids is 1. The number of hydrogen-bond donors (Lipinski definition) is 0. The predicted molar refractivity (Wildman–Crippen MR) is 67.6 cm³/mol. The monoisotopic (exact) mass is 229 g/mol. The smallest absolute Gasteiger partial charge is 0.123 e. The molecule has 1 spiro atoms. The lowest BCUT2D eigenvalue weighted by Crippen LogP contribution is -2.37. The van der Waals surface area contributed by atoms with E-state index in [9.17, 15) is 4.79 Å². The minimum absolute atomic E-state index is 0.348. The highest BCUT2D eigenvalue weighted by molar-refractivity contribution is 5.60. The molecular formula is C15H19NO. The average Bonchev–Trinajstić information content (AvgIpc) is 3.03. The molecule has 0 amide bonds. The van der Waals surface area contributed by atoms with Crippen LogP contribution in [0.1, 0.15) is 24.8 Å². The van der Waals surface area contributed by atoms with Crippen molar-refractivity contribution in [3.63, 3.8) is 0 Å². The van der Waals surface area contributed by atoms with Crippen LogP contribution in [0.3, 0.4) is 0 Å². The number of piperidine rings is 1. The van der Waals surface area contributed by atoms with Crippen molar-refractivity contribution in [3.05, 3.63) is 35.9 Å². The van der Waals surface area contributed by atoms with Crippen molar-refractivity contribution < 1.29 is 4.79 Å². The SMILES string of the molecule is O=CC1CC12CCCN(Cc1ccccc1)C2. The van der Waals surface area contributed by atoms with Gasteiger partial charge in [0.2, 0.25) is 0 Å². The number of likely N-dealkylation sites (tertiary alicyclic amines) is 1. The molecule has 2 nitrogen and oxygen atoms in total. The Labute approximate surface area is 103 Å². The minimum Gasteiger partial charge on any atom is -0.303 e. The zero-order chi connectivity index (χ0) is 11.7. The first-order valence-corrected chi connectivity index (χ1v) is 6.54. The summed E-state index contributed by atoms with van der Waals surface area (Å²) in [5.74, 6) is 0.348. The molecule has 0 radical (unpaired) electrons. The van der Waals surface area contributed by atoms with Crippen LogP contribution in [0.25, 0.3) is 0 Å². The number of carbonyl (C=O) groups is 1. The van der Waals surface area contributed by atoms with Crippen molar-refractivity contribution in [3.8, 4) is 0 Å². The molecule has 90 valence electrons. The van der Waals surface area contributed by atoms with Gasteiger partial charge in [0.25, 0.3) is 0 Å². The Morgan fingerprint density at radius 2 is 2.18 bits per heavy atom. The highest BCUT2D eigenvalue weighted by Crippen LogP contribution is 2.56. The number of benzene rings is 1. The molecule has 3 rings (SSSR count). The van der Waals surface area contributed by atoms with Gasteiger partial charge in [0.15, 0.2) is 0 Å². The van der Waals surface area contributed by atoms with Crippen LogP contribution in [0, 0.1) is 11.3 Å². The molecule has 0 N–H and O–H groups in total. The van der Waals surface area contributed by atoms with E-state index in [1.807, 2.05) is 0 Å². The third kappa shape index (κ3) is 2.14. The van der Waals surface area contributed by atoms with Crippen LogP contribution in [0.4, 0.5) is 0 Å². The molecule has 0 aromatic heterocycles. The molecule has 2 heteroatoms. The fourth-order valence-corrected chi connectivity index (χ4v) is 3.28. The molecule has 2 fully saturated rings. The van der Waals surface area contributed by atoms with Crippen LogP contribution in [0.2, 0.25) is 0 Å². The summed E-state index contributed by atoms with van der Waals surface area (Å²) < 4.78 is 0. The summed E-state index contributed by atoms with van der Waals surface area (Å²) >= 11 is 0. The Bertz CT molecular complexity index is 403. The zero-order valence-electron chi connectivity index (χ0n) is 10.1. The Kier molecular flexibility index (Phi) is 2.75. The van der Waals surface area contributed by atoms with Gasteiger partial charge in [-0.2, -0.15) is 0 Å². The Morgan fingerprint density at radius 1 is 1.35 bits per heavy atom. The van der Waals surface area contributed by atoms with Gasteiger partial charge in [-0.3, -0.25) is 4.90 Å². The van der Waals surface area contributed by atoms with Crippen LogP contribution in [0.15, 0.2) is 30.3 Å². The normalized spacial score (nSPS) is 32.6. The van der Waals surface area contributed by atoms with Gasteiger partial charge in [0.1, 0.15) is 6.29 Å². The zero-order valence-corrected chi connectivity index (χ0v) is 10.1. The van der Waals surface area contributed by atoms with Gasteiger partial charge in [-0.1, -0.05) is 30.3 Å². The molecule has 1 heterocycles. The van der Waals surface area contributed by atoms with Crippen LogP contribution < -0.4 is 0 Å². The van der Waals surface area contributed by atoms with E-state index in [1.54, 1.807) is 0 Å². The largest absolute Gasteiger partial charge is 0.303 e. The van der Waals surface area contributed by atoms with Gasteiger partial charge in [0.05, 0.1) is 0 Å². The van der Waals surface area contributed by atoms with Crippen molar-refractivity contribution in [1.29, 1.82) is 0 Å². The Hall–Kier alpha value is -1.15. The lowest BCUT2D eigenvalue weighted by molar-refractivity contribution is -0.109. The molecule has 2 aliphatic rings. The molecule has 1 aliphatic heterocycles. The topological polar surface area (TPSA) is 20.3 Å². The summed E-state index contributed by atoms with van der Waals surface area (Å²) in [5, 5.41) is 0. The van der Waals surface area contributed by atoms with Crippen LogP contribution in [-0.2, 0) is 11.3 Å². The van der Waals surface area contributed by atoms with E-state index < -0.39 is 0 Å². The van der Waals surface area contributed by atoms with E-state index in [4.69, 9.17) is 0 Å². The van der Waals surface area contributed by atoms with Gasteiger partial charge in [-0.05, 0) is 36.8 Å². The molecule has 17 heavy (non-hydrogen) atoms. The van der Waals surface area contributed by atoms with Crippen LogP contribution in [-0.4, -0.2) is 24.3 Å². The van der Waals surface area contributed by atoms with E-state index in [1.165, 1.54) is 31.2 Å². The predicted octanol–water partition coefficient (Wildman–Crippen LogP) is 2.49. The maximum Gasteiger partial charge on any atom is 0.123 e. The van der Waals surface area contributed by atoms with E-state index in [-0.39, 0.29) is 0 Å². The third-order valence-electron chi connectivity index (χ3n) is 4.35. The summed E-state index contributed by atoms with van der Waals surface area (Å²) in [6.45, 7) is 3.34. The lowest BCUT2D eigenvalue weighted by Gasteiger charge is -2.33. The summed E-state index contributed by atoms with van der Waals surface area (Å²) in [5.41, 5.74) is 1.74. The molecule has 2 unspecified atom stereocenters. The van der Waals surface area contributed by atoms with Gasteiger partial charge in [-0.15, -0.1) is 0 Å². The van der Waals surface area contributed by atoms with Crippen molar-refractivity contribution in [2.24, 2.45) is 11.3 Å². The minimum atomic E-state index is 0.348. The fourth-order valence-electron chi connectivity index (χ4n) is 3.28. The van der Waals surface area contributed by atoms with E-state index >= 15 is 0 Å². The second kappa shape index (κ2) is 4.26. The van der Waals surface area contributed by atoms with E-state index in [0.29, 0.717) is 11.3 Å². The van der Waals surface area contributed by atoms with E-state index in [2.05, 4.69) is 35.2 Å². The van der Waals surface area contributed by atoms with Crippen LogP contribution in [0.5, 0.6) is 0 Å². The van der Waals surface area contributed by atoms with Gasteiger partial charge >= 0.3 is 0 Å². The molecule has 1 aromatic carbocycles. The summed E-state index contributed by atoms with van der Waals surface area (Å²) in [6, 6.07) is 10.6. The number of rotatable bonds is 3. The molecule has 0 bridgehead atoms. The van der Waals surface area contributed by atoms with Crippen molar-refractivity contribution in [1.82, 2.24) is 4.90 Å². The molecule has 1 aromatic rings. The second-order valence-corrected chi connectivity index (χ2v) is 5.61. The second-order valence-electron chi connectivity index (χ2n) is 5.61. The van der Waals surface area contributed by atoms with Crippen molar-refractivity contribution in [2.75, 3.05) is 13.1 Å². The molecule has 2 atom stereocenters. The van der Waals surface area contributed by atoms with Crippen LogP contribution >= 0.6 is 0 Å². The fraction of sp³-hybridized carbons (Fsp3) is 0.533. The summed E-state index contributed by atoms with van der Waals surface area (Å²) in [7, 11) is 0. The number of nitrogens with zero attached hydrogens (tertiary/aromatic N) is 1. The highest BCUT2D eigenvalue weighted by Gasteiger charge is 2.55. The maximum atomic E-state index is 10.9. The quantitative estimate of drug-likeness (QED) is 0.742. The first-order chi connectivity index (χ1) is 8.32. The van der Waals surface area contributed by atoms with Gasteiger partial charge in [-0.25, -0.2) is 0 Å². The average molecular weight is 229 g/mol. The van der Waals surface area contributed by atoms with Gasteiger partial charge in [0, 0.05) is 19.0 Å². The summed E-state index contributed by atoms with van der Waals surface area (Å²) in [6.07, 6.45) is 4.80. The number of aldehydes is 1. The number of hydrogen-bond acceptors (Lipinski definition) is 2. The van der Waals surface area contributed by atoms with E-state index in [0.717, 1.165) is 19.5 Å². The van der Waals surface area contributed by atoms with Crippen molar-refractivity contribution in [2.45, 2.75) is 25.8 Å². The van der Waals surface area contributed by atoms with Crippen molar-refractivity contribution >= 4 is 6.29 Å². The molecule has 1 saturated heterocycles. The first-order valence-electron chi connectivity index (χ1n) is 6.54. The maximum absolute atomic E-state index is 10.9. The lowest BCUT2D eigenvalue weighted by atomic mass is 9.92. The molecule has 1 saturated carbocycles. The Morgan fingerprint density at radius 3 is 2.88 bits per heavy atom. The van der Waals surface area contributed by atoms with Gasteiger partial charge < -0.3 is 4.79 Å². The molecular weight excluding hydrogens is 210 g/mol. The standard InChI is InChI=1S/C15H19NO/c17-11-14-9-15(14)7-4-8-16(12-15)10-13-5-2-1-3-6-13/h1-3,5-6,11,14H,4,7-10,12H2.